The zero-order valence-electron chi connectivity index (χ0n) is 16.0. The summed E-state index contributed by atoms with van der Waals surface area (Å²) in [6, 6.07) is 15.0. The van der Waals surface area contributed by atoms with Gasteiger partial charge in [-0.3, -0.25) is 0 Å². The first-order valence-electron chi connectivity index (χ1n) is 9.59. The summed E-state index contributed by atoms with van der Waals surface area (Å²) < 4.78 is 0. The maximum atomic E-state index is 6.16. The molecule has 0 bridgehead atoms. The van der Waals surface area contributed by atoms with Gasteiger partial charge in [-0.15, -0.1) is 0 Å². The SMILES string of the molecule is CCN(C)Cc1cccc(CN=C(N)Nc2cccc3c2CCCC3)c1. The molecule has 0 fully saturated rings. The highest BCUT2D eigenvalue weighted by atomic mass is 15.1. The number of nitrogens with one attached hydrogen (secondary N) is 1. The van der Waals surface area contributed by atoms with Crippen molar-refractivity contribution in [1.82, 2.24) is 4.90 Å². The third kappa shape index (κ3) is 4.85. The van der Waals surface area contributed by atoms with Crippen LogP contribution in [-0.4, -0.2) is 24.5 Å². The summed E-state index contributed by atoms with van der Waals surface area (Å²) in [5, 5.41) is 3.32. The Balaban J connectivity index is 1.65. The number of anilines is 1. The topological polar surface area (TPSA) is 53.6 Å². The second-order valence-electron chi connectivity index (χ2n) is 7.13. The Morgan fingerprint density at radius 2 is 1.88 bits per heavy atom. The van der Waals surface area contributed by atoms with Crippen LogP contribution < -0.4 is 11.1 Å². The van der Waals surface area contributed by atoms with Crippen molar-refractivity contribution in [2.45, 2.75) is 45.7 Å². The summed E-state index contributed by atoms with van der Waals surface area (Å²) in [6.07, 6.45) is 4.82. The van der Waals surface area contributed by atoms with E-state index in [1.54, 1.807) is 0 Å². The number of fused-ring (bicyclic) bond motifs is 1. The molecule has 4 nitrogen and oxygen atoms in total. The predicted octanol–water partition coefficient (Wildman–Crippen LogP) is 3.94. The number of aliphatic imine (C=N–C) groups is 1. The quantitative estimate of drug-likeness (QED) is 0.613. The maximum absolute atomic E-state index is 6.16. The molecule has 1 aliphatic rings. The molecule has 3 N–H and O–H groups in total. The van der Waals surface area contributed by atoms with E-state index in [2.05, 4.69) is 71.6 Å². The van der Waals surface area contributed by atoms with Gasteiger partial charge in [-0.2, -0.15) is 0 Å². The van der Waals surface area contributed by atoms with Crippen LogP contribution in [0.2, 0.25) is 0 Å². The van der Waals surface area contributed by atoms with Crippen LogP contribution in [0.3, 0.4) is 0 Å². The average molecular weight is 351 g/mol. The van der Waals surface area contributed by atoms with Gasteiger partial charge in [-0.1, -0.05) is 43.3 Å². The lowest BCUT2D eigenvalue weighted by atomic mass is 9.90. The van der Waals surface area contributed by atoms with Crippen LogP contribution in [0.25, 0.3) is 0 Å². The lowest BCUT2D eigenvalue weighted by Gasteiger charge is -2.19. The van der Waals surface area contributed by atoms with Crippen LogP contribution in [0.5, 0.6) is 0 Å². The molecule has 0 heterocycles. The first kappa shape index (κ1) is 18.5. The van der Waals surface area contributed by atoms with Crippen molar-refractivity contribution in [1.29, 1.82) is 0 Å². The molecule has 0 aromatic heterocycles. The predicted molar refractivity (Wildman–Crippen MR) is 110 cm³/mol. The molecule has 0 unspecified atom stereocenters. The average Bonchev–Trinajstić information content (AvgIpc) is 2.67. The smallest absolute Gasteiger partial charge is 0.193 e. The van der Waals surface area contributed by atoms with Gasteiger partial charge in [0.15, 0.2) is 5.96 Å². The third-order valence-corrected chi connectivity index (χ3v) is 5.07. The van der Waals surface area contributed by atoms with E-state index >= 15 is 0 Å². The molecule has 4 heteroatoms. The number of guanidine groups is 1. The van der Waals surface area contributed by atoms with Crippen molar-refractivity contribution < 1.29 is 0 Å². The Hall–Kier alpha value is -2.33. The first-order chi connectivity index (χ1) is 12.7. The van der Waals surface area contributed by atoms with Crippen LogP contribution in [0.4, 0.5) is 5.69 Å². The highest BCUT2D eigenvalue weighted by Crippen LogP contribution is 2.27. The van der Waals surface area contributed by atoms with E-state index < -0.39 is 0 Å². The maximum Gasteiger partial charge on any atom is 0.193 e. The normalized spacial score (nSPS) is 14.3. The minimum Gasteiger partial charge on any atom is -0.370 e. The first-order valence-corrected chi connectivity index (χ1v) is 9.59. The Morgan fingerprint density at radius 1 is 1.12 bits per heavy atom. The second kappa shape index (κ2) is 8.86. The molecule has 1 aliphatic carbocycles. The van der Waals surface area contributed by atoms with Gasteiger partial charge in [0.25, 0.3) is 0 Å². The Labute approximate surface area is 157 Å². The van der Waals surface area contributed by atoms with Gasteiger partial charge in [0, 0.05) is 12.2 Å². The van der Waals surface area contributed by atoms with Gasteiger partial charge in [0.2, 0.25) is 0 Å². The van der Waals surface area contributed by atoms with Crippen LogP contribution in [0, 0.1) is 0 Å². The summed E-state index contributed by atoms with van der Waals surface area (Å²) in [5.41, 5.74) is 12.6. The summed E-state index contributed by atoms with van der Waals surface area (Å²) in [4.78, 5) is 6.84. The molecule has 2 aromatic rings. The lowest BCUT2D eigenvalue weighted by Crippen LogP contribution is -2.24. The molecule has 3 rings (SSSR count). The van der Waals surface area contributed by atoms with Crippen molar-refractivity contribution in [2.75, 3.05) is 18.9 Å². The Kier molecular flexibility index (Phi) is 6.29. The van der Waals surface area contributed by atoms with Crippen molar-refractivity contribution >= 4 is 11.6 Å². The molecule has 0 radical (unpaired) electrons. The lowest BCUT2D eigenvalue weighted by molar-refractivity contribution is 0.345. The third-order valence-electron chi connectivity index (χ3n) is 5.07. The van der Waals surface area contributed by atoms with Crippen LogP contribution >= 0.6 is 0 Å². The van der Waals surface area contributed by atoms with E-state index in [1.807, 2.05) is 0 Å². The molecule has 0 saturated heterocycles. The number of nitrogens with two attached hydrogens (primary N) is 1. The van der Waals surface area contributed by atoms with Gasteiger partial charge >= 0.3 is 0 Å². The van der Waals surface area contributed by atoms with Crippen LogP contribution in [0.15, 0.2) is 47.5 Å². The van der Waals surface area contributed by atoms with Gasteiger partial charge in [0.1, 0.15) is 0 Å². The Morgan fingerprint density at radius 3 is 2.73 bits per heavy atom. The number of rotatable bonds is 6. The van der Waals surface area contributed by atoms with Crippen LogP contribution in [0.1, 0.15) is 42.0 Å². The number of hydrogen-bond acceptors (Lipinski definition) is 2. The molecule has 0 atom stereocenters. The molecule has 138 valence electrons. The molecule has 2 aromatic carbocycles. The highest BCUT2D eigenvalue weighted by Gasteiger charge is 2.13. The molecule has 0 saturated carbocycles. The zero-order chi connectivity index (χ0) is 18.4. The molecule has 0 aliphatic heterocycles. The largest absolute Gasteiger partial charge is 0.370 e. The fraction of sp³-hybridized carbons (Fsp3) is 0.409. The van der Waals surface area contributed by atoms with Gasteiger partial charge in [0.05, 0.1) is 6.54 Å². The highest BCUT2D eigenvalue weighted by molar-refractivity contribution is 5.93. The number of nitrogens with zero attached hydrogens (tertiary/aromatic N) is 2. The van der Waals surface area contributed by atoms with Gasteiger partial charge in [-0.05, 0) is 67.6 Å². The molecule has 0 spiro atoms. The van der Waals surface area contributed by atoms with E-state index in [1.165, 1.54) is 41.5 Å². The fourth-order valence-corrected chi connectivity index (χ4v) is 3.50. The molecule has 0 amide bonds. The minimum absolute atomic E-state index is 0.486. The standard InChI is InChI=1S/C22H30N4/c1-3-26(2)16-18-9-6-8-17(14-18)15-24-22(23)25-21-13-7-11-19-10-4-5-12-20(19)21/h6-9,11,13-14H,3-5,10,12,15-16H2,1-2H3,(H3,23,24,25). The summed E-state index contributed by atoms with van der Waals surface area (Å²) in [5.74, 6) is 0.486. The minimum atomic E-state index is 0.486. The van der Waals surface area contributed by atoms with E-state index in [9.17, 15) is 0 Å². The second-order valence-corrected chi connectivity index (χ2v) is 7.13. The van der Waals surface area contributed by atoms with Crippen molar-refractivity contribution in [2.24, 2.45) is 10.7 Å². The van der Waals surface area contributed by atoms with Crippen LogP contribution in [-0.2, 0) is 25.9 Å². The van der Waals surface area contributed by atoms with Gasteiger partial charge < -0.3 is 16.0 Å². The fourth-order valence-electron chi connectivity index (χ4n) is 3.50. The molecular weight excluding hydrogens is 320 g/mol. The molecule has 26 heavy (non-hydrogen) atoms. The summed E-state index contributed by atoms with van der Waals surface area (Å²) in [6.45, 7) is 4.76. The van der Waals surface area contributed by atoms with Gasteiger partial charge in [-0.25, -0.2) is 4.99 Å². The zero-order valence-corrected chi connectivity index (χ0v) is 16.0. The van der Waals surface area contributed by atoms with Crippen molar-refractivity contribution in [3.05, 3.63) is 64.7 Å². The van der Waals surface area contributed by atoms with E-state index in [0.717, 1.165) is 25.2 Å². The van der Waals surface area contributed by atoms with E-state index in [-0.39, 0.29) is 0 Å². The molecular formula is C22H30N4. The van der Waals surface area contributed by atoms with Crippen molar-refractivity contribution in [3.63, 3.8) is 0 Å². The monoisotopic (exact) mass is 350 g/mol. The van der Waals surface area contributed by atoms with E-state index in [0.29, 0.717) is 12.5 Å². The summed E-state index contributed by atoms with van der Waals surface area (Å²) in [7, 11) is 2.13. The number of hydrogen-bond donors (Lipinski definition) is 2. The van der Waals surface area contributed by atoms with E-state index in [4.69, 9.17) is 5.73 Å². The number of benzene rings is 2. The van der Waals surface area contributed by atoms with Crippen molar-refractivity contribution in [3.8, 4) is 0 Å². The summed E-state index contributed by atoms with van der Waals surface area (Å²) >= 11 is 0. The number of aryl methyl sites for hydroxylation is 1. The Bertz CT molecular complexity index is 766.